The highest BCUT2D eigenvalue weighted by molar-refractivity contribution is 5.94. The van der Waals surface area contributed by atoms with E-state index in [1.54, 1.807) is 36.9 Å². The summed E-state index contributed by atoms with van der Waals surface area (Å²) in [4.78, 5) is 22.2. The van der Waals surface area contributed by atoms with Crippen LogP contribution in [-0.2, 0) is 0 Å². The molecule has 1 amide bonds. The second-order valence-electron chi connectivity index (χ2n) is 5.05. The highest BCUT2D eigenvalue weighted by atomic mass is 16.5. The molecule has 1 unspecified atom stereocenters. The number of ether oxygens (including phenoxy) is 1. The van der Waals surface area contributed by atoms with Crippen LogP contribution in [0.2, 0.25) is 0 Å². The lowest BCUT2D eigenvalue weighted by atomic mass is 10.1. The average Bonchev–Trinajstić information content (AvgIpc) is 2.56. The number of amides is 1. The van der Waals surface area contributed by atoms with Gasteiger partial charge in [-0.25, -0.2) is 0 Å². The number of aromatic nitrogens is 2. The van der Waals surface area contributed by atoms with Gasteiger partial charge in [0.1, 0.15) is 11.9 Å². The average molecular weight is 283 g/mol. The van der Waals surface area contributed by atoms with Crippen LogP contribution in [0, 0.1) is 0 Å². The number of pyridine rings is 2. The Balaban J connectivity index is 1.64. The number of hydrogen-bond donors (Lipinski definition) is 0. The van der Waals surface area contributed by atoms with Gasteiger partial charge in [-0.3, -0.25) is 14.8 Å². The summed E-state index contributed by atoms with van der Waals surface area (Å²) in [5.74, 6) is 0.841. The minimum atomic E-state index is 0.0342. The van der Waals surface area contributed by atoms with Gasteiger partial charge >= 0.3 is 0 Å². The molecule has 0 N–H and O–H groups in total. The zero-order chi connectivity index (χ0) is 14.5. The molecule has 1 fully saturated rings. The molecule has 3 rings (SSSR count). The van der Waals surface area contributed by atoms with Crippen LogP contribution in [0.1, 0.15) is 23.2 Å². The van der Waals surface area contributed by atoms with Crippen LogP contribution in [0.25, 0.3) is 0 Å². The van der Waals surface area contributed by atoms with Crippen molar-refractivity contribution in [3.63, 3.8) is 0 Å². The summed E-state index contributed by atoms with van der Waals surface area (Å²) < 4.78 is 5.93. The van der Waals surface area contributed by atoms with Gasteiger partial charge in [0, 0.05) is 36.9 Å². The topological polar surface area (TPSA) is 55.3 Å². The summed E-state index contributed by atoms with van der Waals surface area (Å²) in [6.45, 7) is 1.39. The van der Waals surface area contributed by atoms with E-state index in [0.29, 0.717) is 12.1 Å². The number of rotatable bonds is 3. The van der Waals surface area contributed by atoms with E-state index in [2.05, 4.69) is 9.97 Å². The summed E-state index contributed by atoms with van der Waals surface area (Å²) >= 11 is 0. The van der Waals surface area contributed by atoms with Gasteiger partial charge in [0.25, 0.3) is 5.91 Å². The molecule has 0 spiro atoms. The molecule has 1 saturated heterocycles. The molecule has 1 atom stereocenters. The lowest BCUT2D eigenvalue weighted by Crippen LogP contribution is -2.44. The van der Waals surface area contributed by atoms with Gasteiger partial charge in [-0.2, -0.15) is 0 Å². The maximum Gasteiger partial charge on any atom is 0.254 e. The Hall–Kier alpha value is -2.43. The smallest absolute Gasteiger partial charge is 0.254 e. The predicted octanol–water partition coefficient (Wildman–Crippen LogP) is 2.16. The number of piperidine rings is 1. The Labute approximate surface area is 123 Å². The number of nitrogens with zero attached hydrogens (tertiary/aromatic N) is 3. The van der Waals surface area contributed by atoms with Crippen LogP contribution in [0.15, 0.2) is 49.1 Å². The molecule has 108 valence electrons. The standard InChI is InChI=1S/C16H17N3O2/c20-16(13-3-7-17-8-4-13)19-11-1-2-15(12-19)21-14-5-9-18-10-6-14/h3-10,15H,1-2,11-12H2. The summed E-state index contributed by atoms with van der Waals surface area (Å²) in [5.41, 5.74) is 0.676. The molecule has 0 saturated carbocycles. The second-order valence-corrected chi connectivity index (χ2v) is 5.05. The second kappa shape index (κ2) is 6.35. The zero-order valence-electron chi connectivity index (χ0n) is 11.7. The number of carbonyl (C=O) groups is 1. The number of carbonyl (C=O) groups excluding carboxylic acids is 1. The molecule has 5 nitrogen and oxygen atoms in total. The Bertz CT molecular complexity index is 589. The molecule has 5 heteroatoms. The van der Waals surface area contributed by atoms with E-state index >= 15 is 0 Å². The number of likely N-dealkylation sites (tertiary alicyclic amines) is 1. The Kier molecular flexibility index (Phi) is 4.09. The molecule has 3 heterocycles. The van der Waals surface area contributed by atoms with Crippen molar-refractivity contribution in [1.82, 2.24) is 14.9 Å². The lowest BCUT2D eigenvalue weighted by molar-refractivity contribution is 0.0537. The van der Waals surface area contributed by atoms with Gasteiger partial charge in [0.05, 0.1) is 6.54 Å². The largest absolute Gasteiger partial charge is 0.488 e. The summed E-state index contributed by atoms with van der Waals surface area (Å²) in [7, 11) is 0. The van der Waals surface area contributed by atoms with Crippen molar-refractivity contribution >= 4 is 5.91 Å². The van der Waals surface area contributed by atoms with E-state index in [0.717, 1.165) is 25.1 Å². The summed E-state index contributed by atoms with van der Waals surface area (Å²) in [5, 5.41) is 0. The first kappa shape index (κ1) is 13.5. The third kappa shape index (κ3) is 3.37. The van der Waals surface area contributed by atoms with Crippen molar-refractivity contribution in [3.8, 4) is 5.75 Å². The van der Waals surface area contributed by atoms with Crippen LogP contribution in [0.3, 0.4) is 0 Å². The van der Waals surface area contributed by atoms with Crippen LogP contribution in [0.4, 0.5) is 0 Å². The van der Waals surface area contributed by atoms with Gasteiger partial charge < -0.3 is 9.64 Å². The highest BCUT2D eigenvalue weighted by Gasteiger charge is 2.25. The molecule has 2 aromatic rings. The molecule has 0 radical (unpaired) electrons. The Morgan fingerprint density at radius 2 is 1.76 bits per heavy atom. The van der Waals surface area contributed by atoms with E-state index in [1.165, 1.54) is 0 Å². The zero-order valence-corrected chi connectivity index (χ0v) is 11.7. The highest BCUT2D eigenvalue weighted by Crippen LogP contribution is 2.19. The van der Waals surface area contributed by atoms with Crippen molar-refractivity contribution in [3.05, 3.63) is 54.6 Å². The van der Waals surface area contributed by atoms with Gasteiger partial charge in [-0.05, 0) is 37.1 Å². The van der Waals surface area contributed by atoms with E-state index in [4.69, 9.17) is 4.74 Å². The molecule has 0 bridgehead atoms. The normalized spacial score (nSPS) is 18.3. The Morgan fingerprint density at radius 1 is 1.10 bits per heavy atom. The molecule has 0 aliphatic carbocycles. The maximum absolute atomic E-state index is 12.4. The fraction of sp³-hybridized carbons (Fsp3) is 0.312. The van der Waals surface area contributed by atoms with E-state index < -0.39 is 0 Å². The first-order chi connectivity index (χ1) is 10.3. The van der Waals surface area contributed by atoms with Gasteiger partial charge in [-0.1, -0.05) is 0 Å². The van der Waals surface area contributed by atoms with Gasteiger partial charge in [0.15, 0.2) is 0 Å². The van der Waals surface area contributed by atoms with Crippen LogP contribution in [0.5, 0.6) is 5.75 Å². The lowest BCUT2D eigenvalue weighted by Gasteiger charge is -2.33. The third-order valence-electron chi connectivity index (χ3n) is 3.55. The van der Waals surface area contributed by atoms with Crippen LogP contribution < -0.4 is 4.74 Å². The van der Waals surface area contributed by atoms with Crippen molar-refractivity contribution in [2.24, 2.45) is 0 Å². The third-order valence-corrected chi connectivity index (χ3v) is 3.55. The van der Waals surface area contributed by atoms with Gasteiger partial charge in [0.2, 0.25) is 0 Å². The van der Waals surface area contributed by atoms with Crippen LogP contribution >= 0.6 is 0 Å². The van der Waals surface area contributed by atoms with E-state index in [1.807, 2.05) is 17.0 Å². The van der Waals surface area contributed by atoms with Crippen molar-refractivity contribution < 1.29 is 9.53 Å². The van der Waals surface area contributed by atoms with Crippen molar-refractivity contribution in [1.29, 1.82) is 0 Å². The molecule has 1 aliphatic rings. The monoisotopic (exact) mass is 283 g/mol. The summed E-state index contributed by atoms with van der Waals surface area (Å²) in [6.07, 6.45) is 8.64. The first-order valence-corrected chi connectivity index (χ1v) is 7.09. The fourth-order valence-electron chi connectivity index (χ4n) is 2.51. The molecular weight excluding hydrogens is 266 g/mol. The predicted molar refractivity (Wildman–Crippen MR) is 78.0 cm³/mol. The summed E-state index contributed by atoms with van der Waals surface area (Å²) in [6, 6.07) is 7.17. The molecule has 21 heavy (non-hydrogen) atoms. The minimum absolute atomic E-state index is 0.0342. The quantitative estimate of drug-likeness (QED) is 0.866. The molecular formula is C16H17N3O2. The molecule has 0 aromatic carbocycles. The van der Waals surface area contributed by atoms with Crippen molar-refractivity contribution in [2.75, 3.05) is 13.1 Å². The maximum atomic E-state index is 12.4. The first-order valence-electron chi connectivity index (χ1n) is 7.09. The van der Waals surface area contributed by atoms with E-state index in [-0.39, 0.29) is 12.0 Å². The fourth-order valence-corrected chi connectivity index (χ4v) is 2.51. The van der Waals surface area contributed by atoms with Crippen LogP contribution in [-0.4, -0.2) is 40.0 Å². The van der Waals surface area contributed by atoms with Gasteiger partial charge in [-0.15, -0.1) is 0 Å². The SMILES string of the molecule is O=C(c1ccncc1)N1CCCC(Oc2ccncc2)C1. The Morgan fingerprint density at radius 3 is 2.48 bits per heavy atom. The number of hydrogen-bond acceptors (Lipinski definition) is 4. The van der Waals surface area contributed by atoms with E-state index in [9.17, 15) is 4.79 Å². The molecule has 1 aliphatic heterocycles. The molecule has 2 aromatic heterocycles. The van der Waals surface area contributed by atoms with Crippen molar-refractivity contribution in [2.45, 2.75) is 18.9 Å². The minimum Gasteiger partial charge on any atom is -0.488 e.